The van der Waals surface area contributed by atoms with Crippen LogP contribution in [0.25, 0.3) is 33.3 Å². The largest absolute Gasteiger partial charge is 0.344 e. The van der Waals surface area contributed by atoms with Crippen LogP contribution in [0.15, 0.2) is 30.6 Å². The van der Waals surface area contributed by atoms with Crippen LogP contribution in [0.3, 0.4) is 0 Å². The van der Waals surface area contributed by atoms with Crippen molar-refractivity contribution in [3.8, 4) is 11.3 Å². The molecule has 1 N–H and O–H groups in total. The van der Waals surface area contributed by atoms with E-state index in [1.807, 2.05) is 6.20 Å². The third-order valence-electron chi connectivity index (χ3n) is 5.97. The van der Waals surface area contributed by atoms with Crippen molar-refractivity contribution in [2.45, 2.75) is 65.3 Å². The van der Waals surface area contributed by atoms with Gasteiger partial charge in [0, 0.05) is 40.5 Å². The van der Waals surface area contributed by atoms with Crippen molar-refractivity contribution < 1.29 is 0 Å². The van der Waals surface area contributed by atoms with E-state index in [1.54, 1.807) is 0 Å². The summed E-state index contributed by atoms with van der Waals surface area (Å²) in [7, 11) is 0. The number of pyridine rings is 2. The fraction of sp³-hybridized carbons (Fsp3) is 0.417. The van der Waals surface area contributed by atoms with Gasteiger partial charge in [0.2, 0.25) is 0 Å². The number of rotatable bonds is 4. The zero-order valence-corrected chi connectivity index (χ0v) is 17.4. The summed E-state index contributed by atoms with van der Waals surface area (Å²) < 4.78 is 2.39. The molecule has 4 aromatic heterocycles. The summed E-state index contributed by atoms with van der Waals surface area (Å²) in [6.45, 7) is 11.1. The molecule has 0 unspecified atom stereocenters. The first-order valence-electron chi connectivity index (χ1n) is 10.4. The Labute approximate surface area is 166 Å². The molecule has 0 bridgehead atoms. The molecule has 4 nitrogen and oxygen atoms in total. The lowest BCUT2D eigenvalue weighted by Crippen LogP contribution is -1.96. The molecule has 0 spiro atoms. The monoisotopic (exact) mass is 372 g/mol. The van der Waals surface area contributed by atoms with Crippen LogP contribution in [0.1, 0.15) is 75.2 Å². The standard InChI is InChI=1S/C24H28N4/c1-13(2)17-8-9-25-24-22(17)20(12-28(24)16-6-7-16)21-11-18(14(3)4)19-10-15(5)26-23(19)27-21/h8-14,16H,6-7H2,1-5H3,(H,26,27). The SMILES string of the molecule is Cc1cc2c(C(C)C)cc(-c3cn(C4CC4)c4nccc(C(C)C)c34)nc2[nH]1. The van der Waals surface area contributed by atoms with Crippen molar-refractivity contribution >= 4 is 22.1 Å². The van der Waals surface area contributed by atoms with E-state index in [9.17, 15) is 0 Å². The van der Waals surface area contributed by atoms with Gasteiger partial charge in [0.1, 0.15) is 11.3 Å². The normalized spacial score (nSPS) is 14.8. The van der Waals surface area contributed by atoms with Gasteiger partial charge in [-0.2, -0.15) is 0 Å². The first-order valence-corrected chi connectivity index (χ1v) is 10.4. The quantitative estimate of drug-likeness (QED) is 0.446. The Morgan fingerprint density at radius 2 is 1.82 bits per heavy atom. The van der Waals surface area contributed by atoms with Crippen LogP contribution in [0.5, 0.6) is 0 Å². The van der Waals surface area contributed by atoms with Crippen LogP contribution in [-0.4, -0.2) is 19.5 Å². The Balaban J connectivity index is 1.84. The molecule has 1 aliphatic rings. The van der Waals surface area contributed by atoms with Crippen molar-refractivity contribution in [2.75, 3.05) is 0 Å². The number of H-pyrrole nitrogens is 1. The average molecular weight is 373 g/mol. The lowest BCUT2D eigenvalue weighted by Gasteiger charge is -2.12. The highest BCUT2D eigenvalue weighted by molar-refractivity contribution is 5.97. The second-order valence-corrected chi connectivity index (χ2v) is 8.90. The van der Waals surface area contributed by atoms with E-state index in [0.717, 1.165) is 22.7 Å². The summed E-state index contributed by atoms with van der Waals surface area (Å²) >= 11 is 0. The smallest absolute Gasteiger partial charge is 0.141 e. The third kappa shape index (κ3) is 2.66. The van der Waals surface area contributed by atoms with E-state index in [-0.39, 0.29) is 0 Å². The maximum atomic E-state index is 5.06. The highest BCUT2D eigenvalue weighted by Crippen LogP contribution is 2.43. The molecule has 1 fully saturated rings. The summed E-state index contributed by atoms with van der Waals surface area (Å²) in [5.74, 6) is 0.888. The van der Waals surface area contributed by atoms with Crippen LogP contribution >= 0.6 is 0 Å². The number of aromatic amines is 1. The molecule has 0 radical (unpaired) electrons. The van der Waals surface area contributed by atoms with Crippen molar-refractivity contribution in [3.63, 3.8) is 0 Å². The molecule has 0 aromatic carbocycles. The maximum Gasteiger partial charge on any atom is 0.141 e. The molecular weight excluding hydrogens is 344 g/mol. The Hall–Kier alpha value is -2.62. The number of hydrogen-bond donors (Lipinski definition) is 1. The second kappa shape index (κ2) is 6.20. The van der Waals surface area contributed by atoms with Gasteiger partial charge in [-0.05, 0) is 60.9 Å². The second-order valence-electron chi connectivity index (χ2n) is 8.90. The van der Waals surface area contributed by atoms with Gasteiger partial charge in [0.25, 0.3) is 0 Å². The van der Waals surface area contributed by atoms with Gasteiger partial charge in [-0.15, -0.1) is 0 Å². The molecule has 4 aromatic rings. The molecule has 0 saturated heterocycles. The molecule has 5 rings (SSSR count). The summed E-state index contributed by atoms with van der Waals surface area (Å²) in [6.07, 6.45) is 6.76. The first-order chi connectivity index (χ1) is 13.4. The molecule has 28 heavy (non-hydrogen) atoms. The Kier molecular flexibility index (Phi) is 3.87. The number of aryl methyl sites for hydroxylation is 1. The van der Waals surface area contributed by atoms with E-state index in [0.29, 0.717) is 17.9 Å². The van der Waals surface area contributed by atoms with Crippen LogP contribution in [-0.2, 0) is 0 Å². The minimum Gasteiger partial charge on any atom is -0.344 e. The van der Waals surface area contributed by atoms with E-state index in [1.165, 1.54) is 40.3 Å². The number of hydrogen-bond acceptors (Lipinski definition) is 2. The molecule has 4 heteroatoms. The summed E-state index contributed by atoms with van der Waals surface area (Å²) in [5, 5.41) is 2.51. The van der Waals surface area contributed by atoms with Crippen LogP contribution in [0, 0.1) is 6.92 Å². The molecular formula is C24H28N4. The molecule has 0 aliphatic heterocycles. The van der Waals surface area contributed by atoms with Gasteiger partial charge in [-0.1, -0.05) is 27.7 Å². The van der Waals surface area contributed by atoms with E-state index in [2.05, 4.69) is 68.6 Å². The fourth-order valence-corrected chi connectivity index (χ4v) is 4.38. The Bertz CT molecular complexity index is 1190. The van der Waals surface area contributed by atoms with Gasteiger partial charge >= 0.3 is 0 Å². The number of aromatic nitrogens is 4. The predicted octanol–water partition coefficient (Wildman–Crippen LogP) is 6.47. The molecule has 1 saturated carbocycles. The number of nitrogens with one attached hydrogen (secondary N) is 1. The summed E-state index contributed by atoms with van der Waals surface area (Å²) in [6, 6.07) is 7.28. The highest BCUT2D eigenvalue weighted by Gasteiger charge is 2.28. The lowest BCUT2D eigenvalue weighted by atomic mass is 9.95. The molecule has 4 heterocycles. The minimum absolute atomic E-state index is 0.443. The Morgan fingerprint density at radius 3 is 2.50 bits per heavy atom. The van der Waals surface area contributed by atoms with E-state index < -0.39 is 0 Å². The zero-order chi connectivity index (χ0) is 19.6. The van der Waals surface area contributed by atoms with Crippen molar-refractivity contribution in [1.82, 2.24) is 19.5 Å². The van der Waals surface area contributed by atoms with Crippen molar-refractivity contribution in [2.24, 2.45) is 0 Å². The summed E-state index contributed by atoms with van der Waals surface area (Å²) in [4.78, 5) is 13.3. The number of nitrogens with zero attached hydrogens (tertiary/aromatic N) is 3. The van der Waals surface area contributed by atoms with Crippen molar-refractivity contribution in [1.29, 1.82) is 0 Å². The van der Waals surface area contributed by atoms with Gasteiger partial charge < -0.3 is 9.55 Å². The fourth-order valence-electron chi connectivity index (χ4n) is 4.38. The highest BCUT2D eigenvalue weighted by atomic mass is 15.1. The van der Waals surface area contributed by atoms with Gasteiger partial charge in [-0.25, -0.2) is 9.97 Å². The molecule has 0 atom stereocenters. The maximum absolute atomic E-state index is 5.06. The lowest BCUT2D eigenvalue weighted by molar-refractivity contribution is 0.766. The number of fused-ring (bicyclic) bond motifs is 2. The van der Waals surface area contributed by atoms with Gasteiger partial charge in [-0.3, -0.25) is 0 Å². The molecule has 144 valence electrons. The Morgan fingerprint density at radius 1 is 1.07 bits per heavy atom. The van der Waals surface area contributed by atoms with Crippen LogP contribution in [0.2, 0.25) is 0 Å². The van der Waals surface area contributed by atoms with E-state index in [4.69, 9.17) is 9.97 Å². The molecule has 1 aliphatic carbocycles. The zero-order valence-electron chi connectivity index (χ0n) is 17.4. The average Bonchev–Trinajstić information content (AvgIpc) is 3.31. The third-order valence-corrected chi connectivity index (χ3v) is 5.97. The van der Waals surface area contributed by atoms with E-state index >= 15 is 0 Å². The topological polar surface area (TPSA) is 46.5 Å². The first kappa shape index (κ1) is 17.5. The van der Waals surface area contributed by atoms with Crippen molar-refractivity contribution in [3.05, 3.63) is 47.4 Å². The predicted molar refractivity (Wildman–Crippen MR) is 116 cm³/mol. The molecule has 0 amide bonds. The van der Waals surface area contributed by atoms with Crippen LogP contribution < -0.4 is 0 Å². The summed E-state index contributed by atoms with van der Waals surface area (Å²) in [5.41, 5.74) is 8.24. The van der Waals surface area contributed by atoms with Gasteiger partial charge in [0.05, 0.1) is 5.69 Å². The minimum atomic E-state index is 0.443. The van der Waals surface area contributed by atoms with Gasteiger partial charge in [0.15, 0.2) is 0 Å². The van der Waals surface area contributed by atoms with Crippen LogP contribution in [0.4, 0.5) is 0 Å².